The van der Waals surface area contributed by atoms with Gasteiger partial charge in [0.1, 0.15) is 10.6 Å². The summed E-state index contributed by atoms with van der Waals surface area (Å²) in [5, 5.41) is 3.34. The minimum absolute atomic E-state index is 0.146. The monoisotopic (exact) mass is 445 g/mol. The lowest BCUT2D eigenvalue weighted by molar-refractivity contribution is 0.246. The summed E-state index contributed by atoms with van der Waals surface area (Å²) in [6, 6.07) is 10.5. The van der Waals surface area contributed by atoms with Crippen molar-refractivity contribution in [3.63, 3.8) is 0 Å². The number of nitrogens with zero attached hydrogens (tertiary/aromatic N) is 5. The van der Waals surface area contributed by atoms with Crippen LogP contribution in [0.5, 0.6) is 0 Å². The third kappa shape index (κ3) is 3.49. The van der Waals surface area contributed by atoms with Crippen molar-refractivity contribution in [1.29, 1.82) is 0 Å². The van der Waals surface area contributed by atoms with Crippen LogP contribution in [0.25, 0.3) is 21.0 Å². The number of fused-ring (bicyclic) bond motifs is 4. The van der Waals surface area contributed by atoms with E-state index in [1.54, 1.807) is 17.7 Å². The average Bonchev–Trinajstić information content (AvgIpc) is 3.23. The van der Waals surface area contributed by atoms with Gasteiger partial charge in [0.2, 0.25) is 0 Å². The Hall–Kier alpha value is -2.77. The summed E-state index contributed by atoms with van der Waals surface area (Å²) in [5.74, 6) is 1.08. The van der Waals surface area contributed by atoms with Gasteiger partial charge in [-0.25, -0.2) is 9.97 Å². The average molecular weight is 446 g/mol. The summed E-state index contributed by atoms with van der Waals surface area (Å²) < 4.78 is 1.82. The van der Waals surface area contributed by atoms with E-state index < -0.39 is 0 Å². The number of anilines is 1. The largest absolute Gasteiger partial charge is 0.354 e. The highest BCUT2D eigenvalue weighted by Crippen LogP contribution is 2.33. The van der Waals surface area contributed by atoms with Crippen LogP contribution < -0.4 is 10.5 Å². The highest BCUT2D eigenvalue weighted by atomic mass is 32.1. The molecule has 4 heterocycles. The van der Waals surface area contributed by atoms with Gasteiger partial charge >= 0.3 is 0 Å². The van der Waals surface area contributed by atoms with Crippen LogP contribution in [-0.4, -0.2) is 52.2 Å². The van der Waals surface area contributed by atoms with E-state index in [0.717, 1.165) is 61.6 Å². The molecule has 0 spiro atoms. The molecule has 1 aliphatic heterocycles. The first kappa shape index (κ1) is 19.9. The van der Waals surface area contributed by atoms with Crippen LogP contribution in [-0.2, 0) is 19.4 Å². The summed E-state index contributed by atoms with van der Waals surface area (Å²) >= 11 is 1.72. The maximum absolute atomic E-state index is 13.2. The first-order chi connectivity index (χ1) is 15.8. The van der Waals surface area contributed by atoms with Crippen molar-refractivity contribution in [3.8, 4) is 0 Å². The summed E-state index contributed by atoms with van der Waals surface area (Å²) in [5.41, 5.74) is 1.42. The molecule has 164 valence electrons. The first-order valence-corrected chi connectivity index (χ1v) is 12.4. The maximum atomic E-state index is 13.2. The molecule has 1 saturated heterocycles. The minimum atomic E-state index is 0.146. The van der Waals surface area contributed by atoms with E-state index in [1.807, 2.05) is 10.8 Å². The van der Waals surface area contributed by atoms with Gasteiger partial charge in [-0.05, 0) is 42.7 Å². The molecule has 0 unspecified atom stereocenters. The van der Waals surface area contributed by atoms with Crippen molar-refractivity contribution in [2.75, 3.05) is 37.6 Å². The van der Waals surface area contributed by atoms with E-state index in [0.29, 0.717) is 6.54 Å². The number of benzene rings is 1. The second-order valence-corrected chi connectivity index (χ2v) is 9.90. The van der Waals surface area contributed by atoms with Crippen molar-refractivity contribution in [2.24, 2.45) is 0 Å². The van der Waals surface area contributed by atoms with Crippen LogP contribution in [0.3, 0.4) is 0 Å². The third-order valence-electron chi connectivity index (χ3n) is 6.92. The first-order valence-electron chi connectivity index (χ1n) is 11.6. The zero-order valence-corrected chi connectivity index (χ0v) is 19.0. The molecule has 0 bridgehead atoms. The van der Waals surface area contributed by atoms with Crippen LogP contribution in [0.15, 0.2) is 47.7 Å². The highest BCUT2D eigenvalue weighted by Gasteiger charge is 2.22. The molecule has 0 saturated carbocycles. The normalized spacial score (nSPS) is 17.2. The molecule has 32 heavy (non-hydrogen) atoms. The number of rotatable bonds is 4. The van der Waals surface area contributed by atoms with Crippen molar-refractivity contribution < 1.29 is 0 Å². The zero-order valence-electron chi connectivity index (χ0n) is 18.2. The van der Waals surface area contributed by atoms with Crippen molar-refractivity contribution >= 4 is 38.1 Å². The van der Waals surface area contributed by atoms with Gasteiger partial charge in [-0.2, -0.15) is 0 Å². The molecule has 0 amide bonds. The second kappa shape index (κ2) is 8.30. The highest BCUT2D eigenvalue weighted by molar-refractivity contribution is 7.18. The Labute approximate surface area is 191 Å². The van der Waals surface area contributed by atoms with Gasteiger partial charge in [0.25, 0.3) is 5.56 Å². The van der Waals surface area contributed by atoms with Crippen LogP contribution >= 0.6 is 11.3 Å². The maximum Gasteiger partial charge on any atom is 0.262 e. The lowest BCUT2D eigenvalue weighted by atomic mass is 9.97. The van der Waals surface area contributed by atoms with Gasteiger partial charge in [0.05, 0.1) is 11.7 Å². The fourth-order valence-corrected chi connectivity index (χ4v) is 6.35. The molecule has 6 rings (SSSR count). The Morgan fingerprint density at radius 2 is 1.78 bits per heavy atom. The van der Waals surface area contributed by atoms with Crippen LogP contribution in [0.2, 0.25) is 0 Å². The summed E-state index contributed by atoms with van der Waals surface area (Å²) in [7, 11) is 0. The van der Waals surface area contributed by atoms with E-state index in [4.69, 9.17) is 0 Å². The predicted molar refractivity (Wildman–Crippen MR) is 131 cm³/mol. The number of hydrogen-bond acceptors (Lipinski definition) is 6. The molecule has 1 fully saturated rings. The topological polar surface area (TPSA) is 54.3 Å². The van der Waals surface area contributed by atoms with E-state index in [-0.39, 0.29) is 5.56 Å². The molecule has 2 aliphatic rings. The second-order valence-electron chi connectivity index (χ2n) is 8.82. The Morgan fingerprint density at radius 1 is 0.938 bits per heavy atom. The molecule has 0 N–H and O–H groups in total. The third-order valence-corrected chi connectivity index (χ3v) is 8.12. The molecule has 0 radical (unpaired) electrons. The number of pyridine rings is 1. The summed E-state index contributed by atoms with van der Waals surface area (Å²) in [4.78, 5) is 29.6. The van der Waals surface area contributed by atoms with E-state index in [1.165, 1.54) is 34.1 Å². The molecule has 6 nitrogen and oxygen atoms in total. The van der Waals surface area contributed by atoms with E-state index >= 15 is 0 Å². The fourth-order valence-electron chi connectivity index (χ4n) is 5.13. The van der Waals surface area contributed by atoms with Gasteiger partial charge in [-0.15, -0.1) is 11.3 Å². The standard InChI is InChI=1S/C25H27N5OS/c31-25-22-20-7-3-4-8-21(20)32-24(22)27-17-30(25)16-13-28-11-14-29(15-12-28)23-19-6-2-1-5-18(19)9-10-26-23/h1-2,5-6,9-10,17H,3-4,7-8,11-16H2. The molecule has 0 atom stereocenters. The van der Waals surface area contributed by atoms with Gasteiger partial charge < -0.3 is 4.90 Å². The minimum Gasteiger partial charge on any atom is -0.354 e. The molecule has 7 heteroatoms. The fraction of sp³-hybridized carbons (Fsp3) is 0.400. The number of hydrogen-bond donors (Lipinski definition) is 0. The lowest BCUT2D eigenvalue weighted by Crippen LogP contribution is -2.47. The Morgan fingerprint density at radius 3 is 2.69 bits per heavy atom. The van der Waals surface area contributed by atoms with Crippen LogP contribution in [0.1, 0.15) is 23.3 Å². The molecule has 1 aliphatic carbocycles. The van der Waals surface area contributed by atoms with Crippen molar-refractivity contribution in [3.05, 3.63) is 63.7 Å². The summed E-state index contributed by atoms with van der Waals surface area (Å²) in [6.07, 6.45) is 8.20. The molecule has 4 aromatic rings. The molecular formula is C25H27N5OS. The smallest absolute Gasteiger partial charge is 0.262 e. The predicted octanol–water partition coefficient (Wildman–Crippen LogP) is 3.71. The van der Waals surface area contributed by atoms with Gasteiger partial charge in [-0.3, -0.25) is 14.3 Å². The molecule has 1 aromatic carbocycles. The zero-order chi connectivity index (χ0) is 21.5. The van der Waals surface area contributed by atoms with E-state index in [9.17, 15) is 4.79 Å². The van der Waals surface area contributed by atoms with Crippen LogP contribution in [0.4, 0.5) is 5.82 Å². The van der Waals surface area contributed by atoms with Crippen molar-refractivity contribution in [2.45, 2.75) is 32.2 Å². The number of aryl methyl sites for hydroxylation is 2. The number of piperazine rings is 1. The van der Waals surface area contributed by atoms with E-state index in [2.05, 4.69) is 50.1 Å². The lowest BCUT2D eigenvalue weighted by Gasteiger charge is -2.35. The molecular weight excluding hydrogens is 418 g/mol. The van der Waals surface area contributed by atoms with Crippen molar-refractivity contribution in [1.82, 2.24) is 19.4 Å². The van der Waals surface area contributed by atoms with Gasteiger partial charge in [0, 0.05) is 55.7 Å². The number of thiophene rings is 1. The van der Waals surface area contributed by atoms with Crippen LogP contribution in [0, 0.1) is 0 Å². The van der Waals surface area contributed by atoms with Gasteiger partial charge in [-0.1, -0.05) is 24.3 Å². The Balaban J connectivity index is 1.14. The Kier molecular flexibility index (Phi) is 5.15. The summed E-state index contributed by atoms with van der Waals surface area (Å²) in [6.45, 7) is 5.41. The molecule has 3 aromatic heterocycles. The quantitative estimate of drug-likeness (QED) is 0.479. The SMILES string of the molecule is O=c1c2c3c(sc2ncn1CCN1CCN(c2nccc4ccccc24)CC1)CCCC3. The Bertz CT molecular complexity index is 1330. The van der Waals surface area contributed by atoms with Gasteiger partial charge in [0.15, 0.2) is 0 Å². The number of aromatic nitrogens is 3.